The predicted octanol–water partition coefficient (Wildman–Crippen LogP) is 4.42. The van der Waals surface area contributed by atoms with E-state index in [1.807, 2.05) is 20.8 Å². The Bertz CT molecular complexity index is 955. The SMILES string of the molecule is CC(C)(C)OC(=O)CCCCCCCCC(=O)NCCOCCOCCCC(=O)CCC(=O)N[C@@H](CCC(=O)O)C(=O)OC(C)(C)C. The number of ketones is 1. The zero-order chi connectivity index (χ0) is 35.7. The van der Waals surface area contributed by atoms with Crippen LogP contribution in [0.4, 0.5) is 0 Å². The van der Waals surface area contributed by atoms with Gasteiger partial charge in [-0.25, -0.2) is 4.79 Å². The molecule has 13 nitrogen and oxygen atoms in total. The fraction of sp³-hybridized carbons (Fsp3) is 0.824. The number of Topliss-reactive ketones (excluding diaryl/α,β-unsaturated/α-hetero) is 1. The summed E-state index contributed by atoms with van der Waals surface area (Å²) in [4.78, 5) is 71.3. The highest BCUT2D eigenvalue weighted by Crippen LogP contribution is 2.13. The van der Waals surface area contributed by atoms with Gasteiger partial charge in [-0.15, -0.1) is 0 Å². The average Bonchev–Trinajstić information content (AvgIpc) is 2.94. The van der Waals surface area contributed by atoms with E-state index in [1.165, 1.54) is 0 Å². The highest BCUT2D eigenvalue weighted by molar-refractivity contribution is 5.88. The van der Waals surface area contributed by atoms with Crippen molar-refractivity contribution in [3.63, 3.8) is 0 Å². The van der Waals surface area contributed by atoms with E-state index >= 15 is 0 Å². The molecule has 0 bridgehead atoms. The van der Waals surface area contributed by atoms with Crippen LogP contribution in [-0.2, 0) is 47.7 Å². The third-order valence-corrected chi connectivity index (χ3v) is 6.44. The van der Waals surface area contributed by atoms with Crippen LogP contribution in [-0.4, -0.2) is 90.8 Å². The monoisotopic (exact) mass is 672 g/mol. The van der Waals surface area contributed by atoms with Crippen LogP contribution in [0.2, 0.25) is 0 Å². The van der Waals surface area contributed by atoms with Gasteiger partial charge >= 0.3 is 17.9 Å². The first kappa shape index (κ1) is 43.9. The molecule has 0 aliphatic heterocycles. The first-order valence-corrected chi connectivity index (χ1v) is 16.9. The summed E-state index contributed by atoms with van der Waals surface area (Å²) in [5, 5.41) is 14.2. The maximum Gasteiger partial charge on any atom is 0.329 e. The zero-order valence-electron chi connectivity index (χ0n) is 29.5. The second kappa shape index (κ2) is 25.0. The van der Waals surface area contributed by atoms with Gasteiger partial charge in [-0.3, -0.25) is 24.0 Å². The van der Waals surface area contributed by atoms with Gasteiger partial charge in [0, 0.05) is 51.7 Å². The van der Waals surface area contributed by atoms with Crippen molar-refractivity contribution < 1.29 is 52.8 Å². The van der Waals surface area contributed by atoms with Crippen LogP contribution >= 0.6 is 0 Å². The molecule has 3 N–H and O–H groups in total. The van der Waals surface area contributed by atoms with Gasteiger partial charge in [0.15, 0.2) is 0 Å². The van der Waals surface area contributed by atoms with Gasteiger partial charge < -0.3 is 34.7 Å². The summed E-state index contributed by atoms with van der Waals surface area (Å²) in [5.74, 6) is -2.61. The number of carboxylic acids is 1. The van der Waals surface area contributed by atoms with Crippen LogP contribution in [0.5, 0.6) is 0 Å². The molecule has 0 saturated carbocycles. The molecule has 0 aromatic rings. The van der Waals surface area contributed by atoms with Gasteiger partial charge in [0.25, 0.3) is 0 Å². The van der Waals surface area contributed by atoms with Crippen LogP contribution < -0.4 is 10.6 Å². The van der Waals surface area contributed by atoms with E-state index in [0.717, 1.165) is 38.5 Å². The number of aliphatic carboxylic acids is 1. The maximum atomic E-state index is 12.3. The topological polar surface area (TPSA) is 184 Å². The first-order valence-electron chi connectivity index (χ1n) is 16.9. The van der Waals surface area contributed by atoms with Crippen molar-refractivity contribution in [2.75, 3.05) is 33.0 Å². The summed E-state index contributed by atoms with van der Waals surface area (Å²) in [6.45, 7) is 12.5. The molecule has 2 amide bonds. The summed E-state index contributed by atoms with van der Waals surface area (Å²) >= 11 is 0. The number of nitrogens with one attached hydrogen (secondary N) is 2. The Hall–Kier alpha value is -3.06. The average molecular weight is 673 g/mol. The third kappa shape index (κ3) is 30.0. The van der Waals surface area contributed by atoms with Crippen molar-refractivity contribution in [2.24, 2.45) is 0 Å². The van der Waals surface area contributed by atoms with Crippen LogP contribution in [0.15, 0.2) is 0 Å². The molecule has 0 radical (unpaired) electrons. The molecular weight excluding hydrogens is 612 g/mol. The summed E-state index contributed by atoms with van der Waals surface area (Å²) in [5.41, 5.74) is -1.23. The van der Waals surface area contributed by atoms with E-state index in [0.29, 0.717) is 52.2 Å². The Morgan fingerprint density at radius 1 is 0.596 bits per heavy atom. The van der Waals surface area contributed by atoms with Crippen molar-refractivity contribution >= 4 is 35.5 Å². The zero-order valence-corrected chi connectivity index (χ0v) is 29.5. The molecule has 0 aliphatic carbocycles. The predicted molar refractivity (Wildman–Crippen MR) is 176 cm³/mol. The van der Waals surface area contributed by atoms with Crippen molar-refractivity contribution in [2.45, 2.75) is 149 Å². The van der Waals surface area contributed by atoms with Crippen molar-refractivity contribution in [3.8, 4) is 0 Å². The minimum atomic E-state index is -1.10. The second-order valence-corrected chi connectivity index (χ2v) is 13.5. The van der Waals surface area contributed by atoms with E-state index in [9.17, 15) is 28.8 Å². The molecule has 0 aliphatic rings. The Labute approximate surface area is 280 Å². The highest BCUT2D eigenvalue weighted by atomic mass is 16.6. The quantitative estimate of drug-likeness (QED) is 0.0829. The highest BCUT2D eigenvalue weighted by Gasteiger charge is 2.27. The standard InChI is InChI=1S/C34H60N2O11/c1-33(2,3)46-31(42)16-12-10-8-7-9-11-15-28(38)35-21-23-45-25-24-44-22-13-14-26(37)17-19-29(39)36-27(18-20-30(40)41)32(43)47-34(4,5)6/h27H,7-25H2,1-6H3,(H,35,38)(H,36,39)(H,40,41)/t27-/m0/s1. The molecule has 0 unspecified atom stereocenters. The lowest BCUT2D eigenvalue weighted by molar-refractivity contribution is -0.159. The Kier molecular flexibility index (Phi) is 23.4. The molecule has 1 atom stereocenters. The molecule has 0 aromatic heterocycles. The summed E-state index contributed by atoms with van der Waals surface area (Å²) in [6, 6.07) is -1.10. The Morgan fingerprint density at radius 3 is 1.77 bits per heavy atom. The third-order valence-electron chi connectivity index (χ3n) is 6.44. The van der Waals surface area contributed by atoms with Crippen molar-refractivity contribution in [3.05, 3.63) is 0 Å². The molecule has 0 fully saturated rings. The summed E-state index contributed by atoms with van der Waals surface area (Å²) in [6.07, 6.45) is 6.78. The molecule has 13 heteroatoms. The molecular formula is C34H60N2O11. The number of ether oxygens (including phenoxy) is 4. The van der Waals surface area contributed by atoms with Gasteiger partial charge in [-0.05, 0) is 67.2 Å². The molecule has 272 valence electrons. The number of carbonyl (C=O) groups is 6. The fourth-order valence-corrected chi connectivity index (χ4v) is 4.23. The van der Waals surface area contributed by atoms with Crippen LogP contribution in [0.25, 0.3) is 0 Å². The number of rotatable bonds is 27. The van der Waals surface area contributed by atoms with Crippen LogP contribution in [0, 0.1) is 0 Å². The van der Waals surface area contributed by atoms with Crippen molar-refractivity contribution in [1.82, 2.24) is 10.6 Å². The number of hydrogen-bond acceptors (Lipinski definition) is 10. The van der Waals surface area contributed by atoms with Crippen LogP contribution in [0.1, 0.15) is 131 Å². The van der Waals surface area contributed by atoms with Gasteiger partial charge in [-0.1, -0.05) is 25.7 Å². The second-order valence-electron chi connectivity index (χ2n) is 13.5. The Balaban J connectivity index is 3.76. The van der Waals surface area contributed by atoms with Crippen molar-refractivity contribution in [1.29, 1.82) is 0 Å². The maximum absolute atomic E-state index is 12.3. The molecule has 0 rings (SSSR count). The van der Waals surface area contributed by atoms with Gasteiger partial charge in [-0.2, -0.15) is 0 Å². The molecule has 47 heavy (non-hydrogen) atoms. The number of hydrogen-bond donors (Lipinski definition) is 3. The minimum Gasteiger partial charge on any atom is -0.481 e. The largest absolute Gasteiger partial charge is 0.481 e. The van der Waals surface area contributed by atoms with E-state index in [4.69, 9.17) is 24.1 Å². The Morgan fingerprint density at radius 2 is 1.17 bits per heavy atom. The van der Waals surface area contributed by atoms with Crippen LogP contribution in [0.3, 0.4) is 0 Å². The summed E-state index contributed by atoms with van der Waals surface area (Å²) in [7, 11) is 0. The molecule has 0 saturated heterocycles. The number of amides is 2. The summed E-state index contributed by atoms with van der Waals surface area (Å²) < 4.78 is 21.5. The van der Waals surface area contributed by atoms with E-state index < -0.39 is 35.1 Å². The lowest BCUT2D eigenvalue weighted by Gasteiger charge is -2.24. The fourth-order valence-electron chi connectivity index (χ4n) is 4.23. The normalized spacial score (nSPS) is 12.2. The van der Waals surface area contributed by atoms with E-state index in [2.05, 4.69) is 10.6 Å². The number of unbranched alkanes of at least 4 members (excludes halogenated alkanes) is 5. The first-order chi connectivity index (χ1) is 22.0. The van der Waals surface area contributed by atoms with E-state index in [1.54, 1.807) is 20.8 Å². The number of carboxylic acid groups (broad SMARTS) is 1. The number of carbonyl (C=O) groups excluding carboxylic acids is 5. The van der Waals surface area contributed by atoms with Gasteiger partial charge in [0.2, 0.25) is 11.8 Å². The lowest BCUT2D eigenvalue weighted by atomic mass is 10.1. The molecule has 0 spiro atoms. The van der Waals surface area contributed by atoms with Gasteiger partial charge in [0.05, 0.1) is 19.8 Å². The minimum absolute atomic E-state index is 0.00188. The number of esters is 2. The van der Waals surface area contributed by atoms with Gasteiger partial charge in [0.1, 0.15) is 23.0 Å². The molecule has 0 heterocycles. The lowest BCUT2D eigenvalue weighted by Crippen LogP contribution is -2.44. The smallest absolute Gasteiger partial charge is 0.329 e. The molecule has 0 aromatic carbocycles. The van der Waals surface area contributed by atoms with E-state index in [-0.39, 0.29) is 49.8 Å².